The molecule has 16 heavy (non-hydrogen) atoms. The molecule has 1 aromatic carbocycles. The topological polar surface area (TPSA) is 24.1 Å². The van der Waals surface area contributed by atoms with Crippen LogP contribution >= 0.6 is 15.9 Å². The lowest BCUT2D eigenvalue weighted by molar-refractivity contribution is 0.438. The van der Waals surface area contributed by atoms with Crippen LogP contribution in [0, 0.1) is 5.82 Å². The van der Waals surface area contributed by atoms with Crippen LogP contribution in [0.5, 0.6) is 0 Å². The van der Waals surface area contributed by atoms with Crippen LogP contribution in [0.1, 0.15) is 19.4 Å². The van der Waals surface area contributed by atoms with Crippen molar-refractivity contribution >= 4 is 15.9 Å². The molecule has 0 atom stereocenters. The monoisotopic (exact) mass is 288 g/mol. The highest BCUT2D eigenvalue weighted by molar-refractivity contribution is 9.10. The highest BCUT2D eigenvalue weighted by Gasteiger charge is 2.23. The molecular weight excluding hydrogens is 271 g/mol. The summed E-state index contributed by atoms with van der Waals surface area (Å²) in [5.41, 5.74) is 0.496. The van der Waals surface area contributed by atoms with Gasteiger partial charge in [0.25, 0.3) is 0 Å². The second kappa shape index (κ2) is 5.75. The van der Waals surface area contributed by atoms with Gasteiger partial charge in [-0.2, -0.15) is 0 Å². The van der Waals surface area contributed by atoms with Crippen molar-refractivity contribution in [2.45, 2.75) is 19.3 Å². The van der Waals surface area contributed by atoms with E-state index in [9.17, 15) is 4.39 Å². The van der Waals surface area contributed by atoms with Crippen molar-refractivity contribution in [2.75, 3.05) is 20.3 Å². The summed E-state index contributed by atoms with van der Waals surface area (Å²) >= 11 is 3.37. The number of rotatable bonds is 5. The summed E-state index contributed by atoms with van der Waals surface area (Å²) < 4.78 is 14.6. The molecule has 0 saturated carbocycles. The third-order valence-electron chi connectivity index (χ3n) is 2.53. The molecule has 0 radical (unpaired) electrons. The summed E-state index contributed by atoms with van der Waals surface area (Å²) in [6.07, 6.45) is 0. The molecule has 1 rings (SSSR count). The quantitative estimate of drug-likeness (QED) is 0.643. The van der Waals surface area contributed by atoms with Crippen LogP contribution in [-0.2, 0) is 5.41 Å². The molecule has 0 aliphatic rings. The molecule has 0 unspecified atom stereocenters. The first-order valence-electron chi connectivity index (χ1n) is 5.28. The van der Waals surface area contributed by atoms with Crippen molar-refractivity contribution in [2.24, 2.45) is 0 Å². The number of hydrogen-bond donors (Lipinski definition) is 2. The van der Waals surface area contributed by atoms with E-state index in [-0.39, 0.29) is 11.2 Å². The predicted octanol–water partition coefficient (Wildman–Crippen LogP) is 2.63. The van der Waals surface area contributed by atoms with Crippen molar-refractivity contribution in [1.82, 2.24) is 10.6 Å². The number of hydrogen-bond acceptors (Lipinski definition) is 2. The van der Waals surface area contributed by atoms with Crippen LogP contribution in [0.25, 0.3) is 0 Å². The fraction of sp³-hybridized carbons (Fsp3) is 0.500. The van der Waals surface area contributed by atoms with E-state index in [1.807, 2.05) is 27.0 Å². The third-order valence-corrected chi connectivity index (χ3v) is 3.02. The summed E-state index contributed by atoms with van der Waals surface area (Å²) in [7, 11) is 1.87. The van der Waals surface area contributed by atoms with Crippen molar-refractivity contribution in [3.63, 3.8) is 0 Å². The molecule has 0 bridgehead atoms. The third kappa shape index (κ3) is 3.54. The van der Waals surface area contributed by atoms with Gasteiger partial charge in [0.1, 0.15) is 5.82 Å². The van der Waals surface area contributed by atoms with Gasteiger partial charge < -0.3 is 10.6 Å². The zero-order valence-electron chi connectivity index (χ0n) is 9.90. The molecule has 0 heterocycles. The van der Waals surface area contributed by atoms with E-state index in [0.717, 1.165) is 23.2 Å². The normalized spacial score (nSPS) is 11.8. The fourth-order valence-electron chi connectivity index (χ4n) is 1.61. The molecule has 0 amide bonds. The van der Waals surface area contributed by atoms with Gasteiger partial charge in [-0.25, -0.2) is 4.39 Å². The largest absolute Gasteiger partial charge is 0.308 e. The van der Waals surface area contributed by atoms with Crippen molar-refractivity contribution < 1.29 is 4.39 Å². The molecule has 2 N–H and O–H groups in total. The Morgan fingerprint density at radius 2 is 2.06 bits per heavy atom. The smallest absolute Gasteiger partial charge is 0.127 e. The van der Waals surface area contributed by atoms with Gasteiger partial charge in [-0.1, -0.05) is 29.8 Å². The van der Waals surface area contributed by atoms with Crippen LogP contribution in [0.3, 0.4) is 0 Å². The maximum Gasteiger partial charge on any atom is 0.127 e. The minimum Gasteiger partial charge on any atom is -0.308 e. The van der Waals surface area contributed by atoms with Crippen molar-refractivity contribution in [3.05, 3.63) is 34.1 Å². The zero-order valence-corrected chi connectivity index (χ0v) is 11.5. The Kier molecular flexibility index (Phi) is 4.89. The Balaban J connectivity index is 2.83. The van der Waals surface area contributed by atoms with Crippen LogP contribution in [0.15, 0.2) is 22.7 Å². The van der Waals surface area contributed by atoms with Gasteiger partial charge in [-0.3, -0.25) is 0 Å². The van der Waals surface area contributed by atoms with Crippen LogP contribution < -0.4 is 10.6 Å². The predicted molar refractivity (Wildman–Crippen MR) is 69.1 cm³/mol. The Bertz CT molecular complexity index is 353. The minimum atomic E-state index is -0.231. The Morgan fingerprint density at radius 3 is 2.69 bits per heavy atom. The number of halogens is 2. The lowest BCUT2D eigenvalue weighted by atomic mass is 9.84. The summed E-state index contributed by atoms with van der Waals surface area (Å²) in [5.74, 6) is -0.153. The molecule has 0 aliphatic heterocycles. The van der Waals surface area contributed by atoms with Crippen molar-refractivity contribution in [3.8, 4) is 0 Å². The highest BCUT2D eigenvalue weighted by Crippen LogP contribution is 2.27. The first kappa shape index (κ1) is 13.6. The van der Waals surface area contributed by atoms with E-state index in [2.05, 4.69) is 26.6 Å². The maximum absolute atomic E-state index is 13.7. The second-order valence-corrected chi connectivity index (χ2v) is 5.38. The van der Waals surface area contributed by atoms with Crippen LogP contribution in [0.2, 0.25) is 0 Å². The SMILES string of the molecule is CNCNCC(C)(C)c1cc(Br)ccc1F. The molecule has 0 fully saturated rings. The second-order valence-electron chi connectivity index (χ2n) is 4.47. The Hall–Kier alpha value is -0.450. The lowest BCUT2D eigenvalue weighted by Gasteiger charge is -2.26. The van der Waals surface area contributed by atoms with E-state index in [1.165, 1.54) is 6.07 Å². The highest BCUT2D eigenvalue weighted by atomic mass is 79.9. The Morgan fingerprint density at radius 1 is 1.38 bits per heavy atom. The molecule has 2 nitrogen and oxygen atoms in total. The number of nitrogens with one attached hydrogen (secondary N) is 2. The van der Waals surface area contributed by atoms with E-state index < -0.39 is 0 Å². The summed E-state index contributed by atoms with van der Waals surface area (Å²) in [4.78, 5) is 0. The van der Waals surface area contributed by atoms with Gasteiger partial charge in [-0.05, 0) is 30.8 Å². The van der Waals surface area contributed by atoms with Crippen molar-refractivity contribution in [1.29, 1.82) is 0 Å². The van der Waals surface area contributed by atoms with Gasteiger partial charge in [0, 0.05) is 23.1 Å². The first-order valence-corrected chi connectivity index (χ1v) is 6.07. The van der Waals surface area contributed by atoms with Gasteiger partial charge in [0.15, 0.2) is 0 Å². The minimum absolute atomic E-state index is 0.153. The standard InChI is InChI=1S/C12H18BrFN2/c1-12(2,7-16-8-15-3)10-6-9(13)4-5-11(10)14/h4-6,15-16H,7-8H2,1-3H3. The zero-order chi connectivity index (χ0) is 12.2. The molecule has 1 aromatic rings. The molecule has 0 spiro atoms. The van der Waals surface area contributed by atoms with E-state index in [4.69, 9.17) is 0 Å². The Labute approximate surface area is 105 Å². The van der Waals surface area contributed by atoms with E-state index in [0.29, 0.717) is 0 Å². The van der Waals surface area contributed by atoms with E-state index in [1.54, 1.807) is 6.07 Å². The molecule has 0 aromatic heterocycles. The maximum atomic E-state index is 13.7. The molecule has 0 saturated heterocycles. The van der Waals surface area contributed by atoms with Gasteiger partial charge in [0.05, 0.1) is 0 Å². The average molecular weight is 289 g/mol. The number of benzene rings is 1. The summed E-state index contributed by atoms with van der Waals surface area (Å²) in [6, 6.07) is 5.06. The fourth-order valence-corrected chi connectivity index (χ4v) is 1.97. The molecular formula is C12H18BrFN2. The molecule has 90 valence electrons. The average Bonchev–Trinajstić information content (AvgIpc) is 2.22. The molecule has 4 heteroatoms. The molecule has 0 aliphatic carbocycles. The first-order chi connectivity index (χ1) is 7.47. The van der Waals surface area contributed by atoms with Crippen LogP contribution in [-0.4, -0.2) is 20.3 Å². The summed E-state index contributed by atoms with van der Waals surface area (Å²) in [6.45, 7) is 5.50. The van der Waals surface area contributed by atoms with Gasteiger partial charge in [0.2, 0.25) is 0 Å². The summed E-state index contributed by atoms with van der Waals surface area (Å²) in [5, 5.41) is 6.23. The van der Waals surface area contributed by atoms with Gasteiger partial charge >= 0.3 is 0 Å². The van der Waals surface area contributed by atoms with Gasteiger partial charge in [-0.15, -0.1) is 0 Å². The van der Waals surface area contributed by atoms with E-state index >= 15 is 0 Å². The lowest BCUT2D eigenvalue weighted by Crippen LogP contribution is -2.37. The van der Waals surface area contributed by atoms with Crippen LogP contribution in [0.4, 0.5) is 4.39 Å².